The van der Waals surface area contributed by atoms with Gasteiger partial charge >= 0.3 is 0 Å². The number of hydrogen-bond acceptors (Lipinski definition) is 0. The van der Waals surface area contributed by atoms with E-state index in [9.17, 15) is 0 Å². The summed E-state index contributed by atoms with van der Waals surface area (Å²) in [7, 11) is 0. The third kappa shape index (κ3) is 5.42. The zero-order chi connectivity index (χ0) is 8.31. The van der Waals surface area contributed by atoms with Crippen molar-refractivity contribution in [2.45, 2.75) is 0 Å². The second kappa shape index (κ2) is 6.67. The van der Waals surface area contributed by atoms with E-state index in [0.29, 0.717) is 0 Å². The van der Waals surface area contributed by atoms with Gasteiger partial charge in [-0.2, -0.15) is 0 Å². The van der Waals surface area contributed by atoms with Crippen molar-refractivity contribution in [2.24, 2.45) is 0 Å². The molecule has 0 aromatic rings. The summed E-state index contributed by atoms with van der Waals surface area (Å²) in [6, 6.07) is 0. The van der Waals surface area contributed by atoms with Crippen molar-refractivity contribution in [3.63, 3.8) is 0 Å². The molecular weight excluding hydrogens is 277 g/mol. The molecule has 66 valence electrons. The van der Waals surface area contributed by atoms with Gasteiger partial charge in [0.25, 0.3) is 0 Å². The molecule has 0 spiro atoms. The quantitative estimate of drug-likeness (QED) is 0.651. The first kappa shape index (κ1) is 14.7. The third-order valence-corrected chi connectivity index (χ3v) is 2.52. The van der Waals surface area contributed by atoms with Crippen molar-refractivity contribution in [1.82, 2.24) is 0 Å². The van der Waals surface area contributed by atoms with Crippen LogP contribution >= 0.6 is 69.6 Å². The van der Waals surface area contributed by atoms with E-state index in [1.54, 1.807) is 0 Å². The summed E-state index contributed by atoms with van der Waals surface area (Å²) in [5, 5.41) is -0.130. The minimum absolute atomic E-state index is 0. The highest BCUT2D eigenvalue weighted by molar-refractivity contribution is 6.65. The summed E-state index contributed by atoms with van der Waals surface area (Å²) in [6.45, 7) is 0. The summed E-state index contributed by atoms with van der Waals surface area (Å²) < 4.78 is -0.351. The molecule has 0 aliphatic heterocycles. The van der Waals surface area contributed by atoms with Crippen LogP contribution < -0.4 is 0 Å². The Morgan fingerprint density at radius 3 is 0.818 bits per heavy atom. The van der Waals surface area contributed by atoms with Gasteiger partial charge in [-0.25, -0.2) is 0 Å². The fourth-order valence-electron chi connectivity index (χ4n) is 0.166. The average Bonchev–Trinajstić information content (AvgIpc) is 1.84. The highest BCUT2D eigenvalue weighted by Gasteiger charge is 2.07. The smallest absolute Gasteiger partial charge is 0.127 e. The van der Waals surface area contributed by atoms with Gasteiger partial charge in [-0.05, 0) is 0 Å². The Morgan fingerprint density at radius 1 is 0.545 bits per heavy atom. The molecule has 0 saturated carbocycles. The first-order valence-corrected chi connectivity index (χ1v) is 4.15. The standard InChI is InChI=1S/C4Cl6.H2O/c5-1(3(7)8)2(6)4(9)10;/h;1H2. The summed E-state index contributed by atoms with van der Waals surface area (Å²) in [4.78, 5) is 0. The lowest BCUT2D eigenvalue weighted by atomic mass is 10.6. The average molecular weight is 279 g/mol. The molecule has 0 bridgehead atoms. The number of halogens is 6. The minimum Gasteiger partial charge on any atom is -0.412 e. The van der Waals surface area contributed by atoms with E-state index in [0.717, 1.165) is 0 Å². The van der Waals surface area contributed by atoms with Crippen LogP contribution in [0.2, 0.25) is 0 Å². The fourth-order valence-corrected chi connectivity index (χ4v) is 0.926. The molecule has 0 fully saturated rings. The molecule has 0 unspecified atom stereocenters. The van der Waals surface area contributed by atoms with Crippen LogP contribution in [0.5, 0.6) is 0 Å². The first-order valence-electron chi connectivity index (χ1n) is 1.88. The van der Waals surface area contributed by atoms with Crippen LogP contribution in [0.15, 0.2) is 19.0 Å². The van der Waals surface area contributed by atoms with Gasteiger partial charge in [-0.3, -0.25) is 0 Å². The molecule has 0 aliphatic carbocycles. The van der Waals surface area contributed by atoms with Crippen LogP contribution in [0.3, 0.4) is 0 Å². The van der Waals surface area contributed by atoms with Crippen molar-refractivity contribution in [2.75, 3.05) is 0 Å². The SMILES string of the molecule is ClC(Cl)=C(Cl)C(Cl)=C(Cl)Cl.O. The summed E-state index contributed by atoms with van der Waals surface area (Å²) in [5.74, 6) is 0. The summed E-state index contributed by atoms with van der Waals surface area (Å²) >= 11 is 31.8. The van der Waals surface area contributed by atoms with Crippen LogP contribution in [-0.4, -0.2) is 5.48 Å². The maximum Gasteiger partial charge on any atom is 0.127 e. The normalized spacial score (nSPS) is 8.18. The summed E-state index contributed by atoms with van der Waals surface area (Å²) in [5.41, 5.74) is 0. The molecule has 0 aliphatic rings. The second-order valence-electron chi connectivity index (χ2n) is 1.15. The molecule has 7 heteroatoms. The molecule has 0 aromatic heterocycles. The molecule has 0 aromatic carbocycles. The van der Waals surface area contributed by atoms with Gasteiger partial charge in [0.15, 0.2) is 0 Å². The zero-order valence-electron chi connectivity index (χ0n) is 4.77. The molecule has 1 nitrogen and oxygen atoms in total. The number of rotatable bonds is 1. The van der Waals surface area contributed by atoms with E-state index in [-0.39, 0.29) is 24.5 Å². The molecule has 0 rings (SSSR count). The van der Waals surface area contributed by atoms with E-state index in [1.165, 1.54) is 0 Å². The maximum absolute atomic E-state index is 5.42. The van der Waals surface area contributed by atoms with Gasteiger partial charge < -0.3 is 5.48 Å². The van der Waals surface area contributed by atoms with Crippen LogP contribution in [-0.2, 0) is 0 Å². The van der Waals surface area contributed by atoms with Crippen molar-refractivity contribution in [1.29, 1.82) is 0 Å². The van der Waals surface area contributed by atoms with Crippen LogP contribution in [0, 0.1) is 0 Å². The highest BCUT2D eigenvalue weighted by Crippen LogP contribution is 2.32. The maximum atomic E-state index is 5.42. The molecule has 0 radical (unpaired) electrons. The first-order chi connectivity index (χ1) is 4.46. The van der Waals surface area contributed by atoms with E-state index in [2.05, 4.69) is 0 Å². The van der Waals surface area contributed by atoms with Crippen LogP contribution in [0.1, 0.15) is 0 Å². The molecule has 2 N–H and O–H groups in total. The molecule has 11 heavy (non-hydrogen) atoms. The van der Waals surface area contributed by atoms with Gasteiger partial charge in [0.05, 0.1) is 10.1 Å². The molecule has 0 saturated heterocycles. The van der Waals surface area contributed by atoms with E-state index >= 15 is 0 Å². The Morgan fingerprint density at radius 2 is 0.727 bits per heavy atom. The van der Waals surface area contributed by atoms with Crippen LogP contribution in [0.25, 0.3) is 0 Å². The third-order valence-electron chi connectivity index (χ3n) is 0.525. The molecule has 0 amide bonds. The van der Waals surface area contributed by atoms with Crippen molar-refractivity contribution >= 4 is 69.6 Å². The highest BCUT2D eigenvalue weighted by atomic mass is 35.5. The molecular formula is C4H2Cl6O. The predicted octanol–water partition coefficient (Wildman–Crippen LogP) is 3.93. The lowest BCUT2D eigenvalue weighted by Gasteiger charge is -1.94. The Bertz CT molecular complexity index is 165. The Hall–Kier alpha value is 1.18. The van der Waals surface area contributed by atoms with Gasteiger partial charge in [0.2, 0.25) is 0 Å². The molecule has 0 heterocycles. The lowest BCUT2D eigenvalue weighted by Crippen LogP contribution is -1.73. The van der Waals surface area contributed by atoms with Crippen molar-refractivity contribution < 1.29 is 5.48 Å². The van der Waals surface area contributed by atoms with Gasteiger partial charge in [0, 0.05) is 0 Å². The van der Waals surface area contributed by atoms with E-state index < -0.39 is 0 Å². The summed E-state index contributed by atoms with van der Waals surface area (Å²) in [6.07, 6.45) is 0. The number of hydrogen-bond donors (Lipinski definition) is 0. The Kier molecular flexibility index (Phi) is 8.91. The van der Waals surface area contributed by atoms with Crippen molar-refractivity contribution in [3.05, 3.63) is 19.0 Å². The predicted molar refractivity (Wildman–Crippen MR) is 52.8 cm³/mol. The van der Waals surface area contributed by atoms with Crippen LogP contribution in [0.4, 0.5) is 0 Å². The van der Waals surface area contributed by atoms with Gasteiger partial charge in [-0.15, -0.1) is 0 Å². The Balaban J connectivity index is 0. The van der Waals surface area contributed by atoms with E-state index in [4.69, 9.17) is 69.6 Å². The second-order valence-corrected chi connectivity index (χ2v) is 3.80. The molecule has 0 atom stereocenters. The van der Waals surface area contributed by atoms with E-state index in [1.807, 2.05) is 0 Å². The minimum atomic E-state index is -0.175. The largest absolute Gasteiger partial charge is 0.412 e. The topological polar surface area (TPSA) is 31.5 Å². The zero-order valence-corrected chi connectivity index (χ0v) is 9.30. The number of allylic oxidation sites excluding steroid dienone is 2. The monoisotopic (exact) mass is 276 g/mol. The Labute approximate surface area is 93.8 Å². The van der Waals surface area contributed by atoms with Gasteiger partial charge in [0.1, 0.15) is 8.98 Å². The van der Waals surface area contributed by atoms with Gasteiger partial charge in [-0.1, -0.05) is 69.6 Å². The fraction of sp³-hybridized carbons (Fsp3) is 0. The lowest BCUT2D eigenvalue weighted by molar-refractivity contribution is 0.824. The van der Waals surface area contributed by atoms with Crippen molar-refractivity contribution in [3.8, 4) is 0 Å².